The van der Waals surface area contributed by atoms with Gasteiger partial charge in [0, 0.05) is 26.1 Å². The molecule has 0 bridgehead atoms. The summed E-state index contributed by atoms with van der Waals surface area (Å²) in [5.74, 6) is 1.44. The Labute approximate surface area is 180 Å². The van der Waals surface area contributed by atoms with Gasteiger partial charge in [0.15, 0.2) is 0 Å². The van der Waals surface area contributed by atoms with Gasteiger partial charge in [-0.15, -0.1) is 0 Å². The first kappa shape index (κ1) is 23.5. The highest BCUT2D eigenvalue weighted by Gasteiger charge is 2.32. The standard InChI is InChI=1S/C24H34N4O2/c1-5-26-24(30)28-15-21-10-17(4)20(11-22(21)16(2)3)12-23(29)27-14-19-8-6-18(13-25)7-9-19/h6-10,16,20-22H,5,11-12,14-15H2,1-4H3,(H,27,29)(H2,26,28,30). The Morgan fingerprint density at radius 1 is 1.17 bits per heavy atom. The third-order valence-corrected chi connectivity index (χ3v) is 5.92. The highest BCUT2D eigenvalue weighted by molar-refractivity contribution is 5.76. The second-order valence-electron chi connectivity index (χ2n) is 8.44. The minimum Gasteiger partial charge on any atom is -0.352 e. The predicted molar refractivity (Wildman–Crippen MR) is 118 cm³/mol. The highest BCUT2D eigenvalue weighted by atomic mass is 16.2. The Balaban J connectivity index is 1.93. The molecule has 0 saturated carbocycles. The van der Waals surface area contributed by atoms with Gasteiger partial charge in [0.2, 0.25) is 5.91 Å². The van der Waals surface area contributed by atoms with Crippen LogP contribution >= 0.6 is 0 Å². The van der Waals surface area contributed by atoms with E-state index >= 15 is 0 Å². The van der Waals surface area contributed by atoms with E-state index in [0.29, 0.717) is 43.5 Å². The van der Waals surface area contributed by atoms with Crippen molar-refractivity contribution in [2.24, 2.45) is 23.7 Å². The van der Waals surface area contributed by atoms with E-state index in [4.69, 9.17) is 5.26 Å². The van der Waals surface area contributed by atoms with Gasteiger partial charge in [-0.1, -0.05) is 37.6 Å². The molecule has 0 saturated heterocycles. The molecule has 0 aromatic heterocycles. The van der Waals surface area contributed by atoms with Crippen molar-refractivity contribution in [2.75, 3.05) is 13.1 Å². The normalized spacial score (nSPS) is 20.8. The molecule has 3 atom stereocenters. The SMILES string of the molecule is CCNC(=O)NCC1C=C(C)C(CC(=O)NCc2ccc(C#N)cc2)CC1C(C)C. The lowest BCUT2D eigenvalue weighted by Gasteiger charge is -2.37. The largest absolute Gasteiger partial charge is 0.352 e. The molecule has 1 aromatic carbocycles. The van der Waals surface area contributed by atoms with Crippen LogP contribution in [0.5, 0.6) is 0 Å². The molecule has 3 amide bonds. The monoisotopic (exact) mass is 410 g/mol. The summed E-state index contributed by atoms with van der Waals surface area (Å²) in [5, 5.41) is 17.6. The molecule has 6 nitrogen and oxygen atoms in total. The number of carbonyl (C=O) groups excluding carboxylic acids is 2. The third-order valence-electron chi connectivity index (χ3n) is 5.92. The molecular weight excluding hydrogens is 376 g/mol. The quantitative estimate of drug-likeness (QED) is 0.570. The summed E-state index contributed by atoms with van der Waals surface area (Å²) in [6.45, 7) is 10.1. The number of carbonyl (C=O) groups is 2. The molecule has 6 heteroatoms. The van der Waals surface area contributed by atoms with Crippen molar-refractivity contribution < 1.29 is 9.59 Å². The number of nitrogens with zero attached hydrogens (tertiary/aromatic N) is 1. The molecule has 3 N–H and O–H groups in total. The molecule has 0 aliphatic heterocycles. The number of nitrogens with one attached hydrogen (secondary N) is 3. The second kappa shape index (κ2) is 11.4. The van der Waals surface area contributed by atoms with Crippen LogP contribution in [0.15, 0.2) is 35.9 Å². The van der Waals surface area contributed by atoms with Crippen LogP contribution in [0.1, 0.15) is 51.7 Å². The van der Waals surface area contributed by atoms with E-state index in [1.807, 2.05) is 19.1 Å². The molecule has 0 fully saturated rings. The Kier molecular flexibility index (Phi) is 8.91. The van der Waals surface area contributed by atoms with Crippen molar-refractivity contribution in [3.8, 4) is 6.07 Å². The van der Waals surface area contributed by atoms with Crippen LogP contribution < -0.4 is 16.0 Å². The summed E-state index contributed by atoms with van der Waals surface area (Å²) in [4.78, 5) is 24.3. The molecule has 1 aliphatic rings. The zero-order chi connectivity index (χ0) is 22.1. The maximum absolute atomic E-state index is 12.5. The van der Waals surface area contributed by atoms with Crippen LogP contribution in [-0.2, 0) is 11.3 Å². The fraction of sp³-hybridized carbons (Fsp3) is 0.542. The molecule has 0 spiro atoms. The Morgan fingerprint density at radius 3 is 2.47 bits per heavy atom. The zero-order valence-corrected chi connectivity index (χ0v) is 18.5. The fourth-order valence-corrected chi connectivity index (χ4v) is 4.14. The average Bonchev–Trinajstić information content (AvgIpc) is 2.72. The maximum atomic E-state index is 12.5. The summed E-state index contributed by atoms with van der Waals surface area (Å²) in [6, 6.07) is 9.22. The van der Waals surface area contributed by atoms with Crippen molar-refractivity contribution in [3.05, 3.63) is 47.0 Å². The van der Waals surface area contributed by atoms with E-state index in [-0.39, 0.29) is 23.8 Å². The minimum absolute atomic E-state index is 0.0403. The van der Waals surface area contributed by atoms with Gasteiger partial charge in [0.05, 0.1) is 11.6 Å². The van der Waals surface area contributed by atoms with E-state index in [9.17, 15) is 9.59 Å². The summed E-state index contributed by atoms with van der Waals surface area (Å²) < 4.78 is 0. The first-order valence-corrected chi connectivity index (χ1v) is 10.8. The van der Waals surface area contributed by atoms with E-state index in [1.54, 1.807) is 12.1 Å². The lowest BCUT2D eigenvalue weighted by molar-refractivity contribution is -0.122. The lowest BCUT2D eigenvalue weighted by atomic mass is 9.70. The fourth-order valence-electron chi connectivity index (χ4n) is 4.14. The van der Waals surface area contributed by atoms with Crippen LogP contribution in [0.4, 0.5) is 4.79 Å². The molecule has 0 heterocycles. The van der Waals surface area contributed by atoms with Gasteiger partial charge < -0.3 is 16.0 Å². The lowest BCUT2D eigenvalue weighted by Crippen LogP contribution is -2.41. The van der Waals surface area contributed by atoms with Gasteiger partial charge in [-0.2, -0.15) is 5.26 Å². The van der Waals surface area contributed by atoms with Gasteiger partial charge in [-0.3, -0.25) is 4.79 Å². The summed E-state index contributed by atoms with van der Waals surface area (Å²) in [5.41, 5.74) is 2.82. The van der Waals surface area contributed by atoms with Gasteiger partial charge in [-0.05, 0) is 61.6 Å². The highest BCUT2D eigenvalue weighted by Crippen LogP contribution is 2.38. The first-order valence-electron chi connectivity index (χ1n) is 10.8. The number of amides is 3. The number of hydrogen-bond donors (Lipinski definition) is 3. The van der Waals surface area contributed by atoms with Crippen LogP contribution in [0.2, 0.25) is 0 Å². The topological polar surface area (TPSA) is 94.0 Å². The molecule has 1 aromatic rings. The molecule has 0 radical (unpaired) electrons. The molecule has 162 valence electrons. The van der Waals surface area contributed by atoms with Crippen LogP contribution in [0.3, 0.4) is 0 Å². The van der Waals surface area contributed by atoms with Gasteiger partial charge >= 0.3 is 6.03 Å². The Morgan fingerprint density at radius 2 is 1.87 bits per heavy atom. The number of allylic oxidation sites excluding steroid dienone is 1. The molecule has 2 rings (SSSR count). The van der Waals surface area contributed by atoms with Crippen molar-refractivity contribution in [1.29, 1.82) is 5.26 Å². The first-order chi connectivity index (χ1) is 14.3. The third kappa shape index (κ3) is 6.91. The van der Waals surface area contributed by atoms with Crippen LogP contribution in [0.25, 0.3) is 0 Å². The van der Waals surface area contributed by atoms with Gasteiger partial charge in [0.1, 0.15) is 0 Å². The van der Waals surface area contributed by atoms with Crippen LogP contribution in [0, 0.1) is 35.0 Å². The van der Waals surface area contributed by atoms with E-state index in [2.05, 4.69) is 48.9 Å². The predicted octanol–water partition coefficient (Wildman–Crippen LogP) is 3.74. The number of rotatable bonds is 8. The Bertz CT molecular complexity index is 792. The van der Waals surface area contributed by atoms with E-state index in [1.165, 1.54) is 5.57 Å². The zero-order valence-electron chi connectivity index (χ0n) is 18.5. The van der Waals surface area contributed by atoms with Gasteiger partial charge in [0.25, 0.3) is 0 Å². The van der Waals surface area contributed by atoms with Crippen molar-refractivity contribution in [2.45, 2.75) is 47.1 Å². The molecular formula is C24H34N4O2. The van der Waals surface area contributed by atoms with E-state index in [0.717, 1.165) is 12.0 Å². The minimum atomic E-state index is -0.129. The number of urea groups is 1. The summed E-state index contributed by atoms with van der Waals surface area (Å²) in [7, 11) is 0. The van der Waals surface area contributed by atoms with Crippen molar-refractivity contribution in [3.63, 3.8) is 0 Å². The Hall–Kier alpha value is -2.81. The summed E-state index contributed by atoms with van der Waals surface area (Å²) in [6.07, 6.45) is 3.67. The molecule has 3 unspecified atom stereocenters. The molecule has 1 aliphatic carbocycles. The van der Waals surface area contributed by atoms with Crippen molar-refractivity contribution >= 4 is 11.9 Å². The van der Waals surface area contributed by atoms with Crippen LogP contribution in [-0.4, -0.2) is 25.0 Å². The van der Waals surface area contributed by atoms with Crippen molar-refractivity contribution in [1.82, 2.24) is 16.0 Å². The number of nitriles is 1. The summed E-state index contributed by atoms with van der Waals surface area (Å²) >= 11 is 0. The number of hydrogen-bond acceptors (Lipinski definition) is 3. The van der Waals surface area contributed by atoms with Gasteiger partial charge in [-0.25, -0.2) is 4.79 Å². The molecule has 30 heavy (non-hydrogen) atoms. The smallest absolute Gasteiger partial charge is 0.314 e. The van der Waals surface area contributed by atoms with E-state index < -0.39 is 0 Å². The maximum Gasteiger partial charge on any atom is 0.314 e. The average molecular weight is 411 g/mol. The number of benzene rings is 1. The second-order valence-corrected chi connectivity index (χ2v) is 8.44.